The quantitative estimate of drug-likeness (QED) is 0.855. The number of carbonyl (C=O) groups is 1. The Labute approximate surface area is 118 Å². The van der Waals surface area contributed by atoms with Crippen molar-refractivity contribution >= 4 is 5.78 Å². The molecule has 2 aromatic rings. The second-order valence-corrected chi connectivity index (χ2v) is 4.86. The molecule has 0 spiro atoms. The Morgan fingerprint density at radius 3 is 2.80 bits per heavy atom. The highest BCUT2D eigenvalue weighted by Crippen LogP contribution is 2.35. The number of carbonyl (C=O) groups excluding carboxylic acids is 1. The number of benzene rings is 2. The lowest BCUT2D eigenvalue weighted by Crippen LogP contribution is -2.16. The molecule has 0 radical (unpaired) electrons. The highest BCUT2D eigenvalue weighted by Gasteiger charge is 2.30. The zero-order valence-corrected chi connectivity index (χ0v) is 11.3. The number of Topliss-reactive ketones (excluding diaryl/α,β-unsaturated/α-hetero) is 1. The van der Waals surface area contributed by atoms with Gasteiger partial charge in [-0.1, -0.05) is 36.4 Å². The maximum absolute atomic E-state index is 12.5. The van der Waals surface area contributed by atoms with E-state index >= 15 is 0 Å². The van der Waals surface area contributed by atoms with Crippen LogP contribution >= 0.6 is 0 Å². The summed E-state index contributed by atoms with van der Waals surface area (Å²) in [5.74, 6) is 1.58. The van der Waals surface area contributed by atoms with Crippen molar-refractivity contribution in [3.05, 3.63) is 59.7 Å². The van der Waals surface area contributed by atoms with Gasteiger partial charge in [-0.15, -0.1) is 0 Å². The Kier molecular flexibility index (Phi) is 3.42. The van der Waals surface area contributed by atoms with Gasteiger partial charge >= 0.3 is 0 Å². The lowest BCUT2D eigenvalue weighted by Gasteiger charge is -2.10. The molecule has 3 heteroatoms. The number of ether oxygens (including phenoxy) is 2. The number of hydrogen-bond donors (Lipinski definition) is 0. The molecule has 0 saturated heterocycles. The van der Waals surface area contributed by atoms with Crippen LogP contribution in [0.3, 0.4) is 0 Å². The molecule has 1 atom stereocenters. The van der Waals surface area contributed by atoms with E-state index in [0.29, 0.717) is 13.0 Å². The summed E-state index contributed by atoms with van der Waals surface area (Å²) < 4.78 is 10.9. The van der Waals surface area contributed by atoms with Crippen LogP contribution in [0.5, 0.6) is 11.5 Å². The Morgan fingerprint density at radius 2 is 1.95 bits per heavy atom. The van der Waals surface area contributed by atoms with Crippen LogP contribution in [-0.2, 0) is 11.2 Å². The van der Waals surface area contributed by atoms with E-state index in [0.717, 1.165) is 22.6 Å². The fraction of sp³-hybridized carbons (Fsp3) is 0.235. The van der Waals surface area contributed by atoms with E-state index in [4.69, 9.17) is 9.47 Å². The van der Waals surface area contributed by atoms with Crippen molar-refractivity contribution in [2.75, 3.05) is 13.7 Å². The Hall–Kier alpha value is -2.29. The first-order valence-corrected chi connectivity index (χ1v) is 6.66. The molecular formula is C17H16O3. The second kappa shape index (κ2) is 5.37. The number of para-hydroxylation sites is 2. The molecule has 1 aliphatic rings. The third-order valence-electron chi connectivity index (χ3n) is 3.65. The standard InChI is InChI=1S/C17H16O3/c1-19-16-8-4-2-6-12(16)10-15(18)14-11-20-17-9-5-3-7-13(14)17/h2-9,14H,10-11H2,1H3. The summed E-state index contributed by atoms with van der Waals surface area (Å²) in [6.45, 7) is 0.438. The maximum atomic E-state index is 12.5. The molecule has 3 nitrogen and oxygen atoms in total. The van der Waals surface area contributed by atoms with E-state index in [-0.39, 0.29) is 11.7 Å². The molecule has 0 N–H and O–H groups in total. The van der Waals surface area contributed by atoms with Crippen molar-refractivity contribution in [2.24, 2.45) is 0 Å². The summed E-state index contributed by atoms with van der Waals surface area (Å²) in [5.41, 5.74) is 1.91. The van der Waals surface area contributed by atoms with Crippen molar-refractivity contribution in [3.8, 4) is 11.5 Å². The zero-order valence-electron chi connectivity index (χ0n) is 11.3. The fourth-order valence-corrected chi connectivity index (χ4v) is 2.59. The van der Waals surface area contributed by atoms with Crippen LogP contribution < -0.4 is 9.47 Å². The Morgan fingerprint density at radius 1 is 1.20 bits per heavy atom. The molecule has 0 amide bonds. The first-order chi connectivity index (χ1) is 9.79. The van der Waals surface area contributed by atoms with E-state index < -0.39 is 0 Å². The number of fused-ring (bicyclic) bond motifs is 1. The molecule has 0 saturated carbocycles. The largest absolute Gasteiger partial charge is 0.496 e. The molecule has 20 heavy (non-hydrogen) atoms. The van der Waals surface area contributed by atoms with Crippen molar-refractivity contribution in [2.45, 2.75) is 12.3 Å². The summed E-state index contributed by atoms with van der Waals surface area (Å²) in [6.07, 6.45) is 0.367. The molecular weight excluding hydrogens is 252 g/mol. The lowest BCUT2D eigenvalue weighted by atomic mass is 9.92. The van der Waals surface area contributed by atoms with Gasteiger partial charge in [-0.05, 0) is 12.1 Å². The molecule has 102 valence electrons. The average Bonchev–Trinajstić information content (AvgIpc) is 2.92. The molecule has 0 fully saturated rings. The lowest BCUT2D eigenvalue weighted by molar-refractivity contribution is -0.120. The summed E-state index contributed by atoms with van der Waals surface area (Å²) >= 11 is 0. The van der Waals surface area contributed by atoms with E-state index in [1.807, 2.05) is 48.5 Å². The third kappa shape index (κ3) is 2.27. The van der Waals surface area contributed by atoms with Crippen molar-refractivity contribution in [3.63, 3.8) is 0 Å². The van der Waals surface area contributed by atoms with E-state index in [1.165, 1.54) is 0 Å². The van der Waals surface area contributed by atoms with Gasteiger partial charge in [0.15, 0.2) is 0 Å². The van der Waals surface area contributed by atoms with Crippen molar-refractivity contribution in [1.29, 1.82) is 0 Å². The van der Waals surface area contributed by atoms with Gasteiger partial charge in [-0.25, -0.2) is 0 Å². The fourth-order valence-electron chi connectivity index (χ4n) is 2.59. The molecule has 2 aromatic carbocycles. The summed E-state index contributed by atoms with van der Waals surface area (Å²) in [5, 5.41) is 0. The maximum Gasteiger partial charge on any atom is 0.148 e. The van der Waals surface area contributed by atoms with Gasteiger partial charge in [0.25, 0.3) is 0 Å². The topological polar surface area (TPSA) is 35.5 Å². The molecule has 0 aromatic heterocycles. The molecule has 1 heterocycles. The number of ketones is 1. The number of methoxy groups -OCH3 is 1. The van der Waals surface area contributed by atoms with Gasteiger partial charge in [-0.2, -0.15) is 0 Å². The van der Waals surface area contributed by atoms with Crippen LogP contribution in [-0.4, -0.2) is 19.5 Å². The van der Waals surface area contributed by atoms with E-state index in [9.17, 15) is 4.79 Å². The monoisotopic (exact) mass is 268 g/mol. The van der Waals surface area contributed by atoms with Crippen molar-refractivity contribution in [1.82, 2.24) is 0 Å². The van der Waals surface area contributed by atoms with Crippen LogP contribution in [0, 0.1) is 0 Å². The smallest absolute Gasteiger partial charge is 0.148 e. The highest BCUT2D eigenvalue weighted by molar-refractivity contribution is 5.89. The Balaban J connectivity index is 1.81. The van der Waals surface area contributed by atoms with Crippen LogP contribution in [0.25, 0.3) is 0 Å². The molecule has 1 aliphatic heterocycles. The minimum Gasteiger partial charge on any atom is -0.496 e. The highest BCUT2D eigenvalue weighted by atomic mass is 16.5. The van der Waals surface area contributed by atoms with Crippen molar-refractivity contribution < 1.29 is 14.3 Å². The van der Waals surface area contributed by atoms with Gasteiger partial charge < -0.3 is 9.47 Å². The Bertz CT molecular complexity index is 634. The molecule has 3 rings (SSSR count). The average molecular weight is 268 g/mol. The minimum absolute atomic E-state index is 0.166. The molecule has 1 unspecified atom stereocenters. The predicted octanol–water partition coefficient (Wildman–Crippen LogP) is 2.98. The normalized spacial score (nSPS) is 16.4. The van der Waals surface area contributed by atoms with Gasteiger partial charge in [0.2, 0.25) is 0 Å². The third-order valence-corrected chi connectivity index (χ3v) is 3.65. The van der Waals surface area contributed by atoms with Gasteiger partial charge in [0.1, 0.15) is 23.9 Å². The number of hydrogen-bond acceptors (Lipinski definition) is 3. The van der Waals surface area contributed by atoms with Gasteiger partial charge in [0, 0.05) is 17.5 Å². The molecule has 0 aliphatic carbocycles. The van der Waals surface area contributed by atoms with Gasteiger partial charge in [0.05, 0.1) is 13.0 Å². The second-order valence-electron chi connectivity index (χ2n) is 4.86. The SMILES string of the molecule is COc1ccccc1CC(=O)C1COc2ccccc21. The predicted molar refractivity (Wildman–Crippen MR) is 76.4 cm³/mol. The van der Waals surface area contributed by atoms with E-state index in [1.54, 1.807) is 7.11 Å². The van der Waals surface area contributed by atoms with Gasteiger partial charge in [-0.3, -0.25) is 4.79 Å². The summed E-state index contributed by atoms with van der Waals surface area (Å²) in [7, 11) is 1.62. The molecule has 0 bridgehead atoms. The summed E-state index contributed by atoms with van der Waals surface area (Å²) in [4.78, 5) is 12.5. The van der Waals surface area contributed by atoms with Crippen LogP contribution in [0.1, 0.15) is 17.0 Å². The first kappa shape index (κ1) is 12.7. The van der Waals surface area contributed by atoms with Crippen LogP contribution in [0.15, 0.2) is 48.5 Å². The van der Waals surface area contributed by atoms with E-state index in [2.05, 4.69) is 0 Å². The number of rotatable bonds is 4. The minimum atomic E-state index is -0.170. The zero-order chi connectivity index (χ0) is 13.9. The van der Waals surface area contributed by atoms with Crippen LogP contribution in [0.2, 0.25) is 0 Å². The van der Waals surface area contributed by atoms with Crippen LogP contribution in [0.4, 0.5) is 0 Å². The summed E-state index contributed by atoms with van der Waals surface area (Å²) in [6, 6.07) is 15.4. The first-order valence-electron chi connectivity index (χ1n) is 6.66.